The summed E-state index contributed by atoms with van der Waals surface area (Å²) in [5.41, 5.74) is 2.67. The zero-order valence-electron chi connectivity index (χ0n) is 19.0. The number of rotatable bonds is 5. The fraction of sp³-hybridized carbons (Fsp3) is 0.375. The molecule has 1 aromatic carbocycles. The van der Waals surface area contributed by atoms with Gasteiger partial charge in [-0.15, -0.1) is 0 Å². The van der Waals surface area contributed by atoms with E-state index in [9.17, 15) is 9.59 Å². The molecule has 0 saturated carbocycles. The zero-order chi connectivity index (χ0) is 23.1. The number of aryl methyl sites for hydroxylation is 1. The van der Waals surface area contributed by atoms with Gasteiger partial charge >= 0.3 is 0 Å². The van der Waals surface area contributed by atoms with Crippen LogP contribution in [0.3, 0.4) is 0 Å². The standard InChI is InChI=1S/C24H27N5O4/c1-4-19(29-24(31)21-15-22-20(8-13-33-22)28(21)16(2)25-29)23(30)27-11-9-26(10-12-27)17-6-5-7-18(14-17)32-3/h5-8,13-15,19H,4,9-12H2,1-3H3. The quantitative estimate of drug-likeness (QED) is 0.466. The van der Waals surface area contributed by atoms with Crippen molar-refractivity contribution in [3.8, 4) is 5.75 Å². The van der Waals surface area contributed by atoms with Gasteiger partial charge in [-0.2, -0.15) is 5.10 Å². The van der Waals surface area contributed by atoms with E-state index in [-0.39, 0.29) is 11.5 Å². The van der Waals surface area contributed by atoms with Crippen molar-refractivity contribution < 1.29 is 13.9 Å². The van der Waals surface area contributed by atoms with Crippen molar-refractivity contribution in [1.82, 2.24) is 19.1 Å². The highest BCUT2D eigenvalue weighted by atomic mass is 16.5. The van der Waals surface area contributed by atoms with E-state index in [1.54, 1.807) is 23.8 Å². The van der Waals surface area contributed by atoms with Crippen molar-refractivity contribution in [3.63, 3.8) is 0 Å². The molecule has 4 aromatic rings. The third-order valence-electron chi connectivity index (χ3n) is 6.40. The maximum absolute atomic E-state index is 13.5. The highest BCUT2D eigenvalue weighted by Crippen LogP contribution is 2.24. The summed E-state index contributed by atoms with van der Waals surface area (Å²) in [7, 11) is 1.65. The van der Waals surface area contributed by atoms with Gasteiger partial charge in [-0.05, 0) is 25.5 Å². The Balaban J connectivity index is 1.38. The van der Waals surface area contributed by atoms with Crippen LogP contribution in [0.25, 0.3) is 16.6 Å². The maximum Gasteiger partial charge on any atom is 0.291 e. The lowest BCUT2D eigenvalue weighted by atomic mass is 10.1. The van der Waals surface area contributed by atoms with Crippen LogP contribution in [0.15, 0.2) is 51.9 Å². The smallest absolute Gasteiger partial charge is 0.291 e. The molecule has 0 N–H and O–H groups in total. The molecule has 3 aromatic heterocycles. The van der Waals surface area contributed by atoms with Crippen LogP contribution >= 0.6 is 0 Å². The number of anilines is 1. The first-order valence-corrected chi connectivity index (χ1v) is 11.2. The molecule has 0 radical (unpaired) electrons. The van der Waals surface area contributed by atoms with Crippen LogP contribution in [0.5, 0.6) is 5.75 Å². The molecule has 33 heavy (non-hydrogen) atoms. The van der Waals surface area contributed by atoms with E-state index < -0.39 is 6.04 Å². The number of nitrogens with zero attached hydrogens (tertiary/aromatic N) is 5. The number of hydrogen-bond donors (Lipinski definition) is 0. The van der Waals surface area contributed by atoms with Gasteiger partial charge in [0, 0.05) is 50.1 Å². The molecule has 1 fully saturated rings. The minimum absolute atomic E-state index is 0.0728. The van der Waals surface area contributed by atoms with E-state index in [1.807, 2.05) is 49.1 Å². The molecule has 1 amide bonds. The number of aromatic nitrogens is 3. The number of carbonyl (C=O) groups excluding carboxylic acids is 1. The molecule has 1 aliphatic rings. The first kappa shape index (κ1) is 21.1. The van der Waals surface area contributed by atoms with E-state index in [0.717, 1.165) is 17.0 Å². The van der Waals surface area contributed by atoms with Gasteiger partial charge in [0.2, 0.25) is 5.91 Å². The van der Waals surface area contributed by atoms with Crippen molar-refractivity contribution in [1.29, 1.82) is 0 Å². The van der Waals surface area contributed by atoms with E-state index in [4.69, 9.17) is 9.15 Å². The number of furan rings is 1. The van der Waals surface area contributed by atoms with Crippen molar-refractivity contribution >= 4 is 28.2 Å². The molecule has 1 unspecified atom stereocenters. The Morgan fingerprint density at radius 1 is 1.15 bits per heavy atom. The minimum atomic E-state index is -0.647. The summed E-state index contributed by atoms with van der Waals surface area (Å²) in [6, 6.07) is 10.8. The first-order valence-electron chi connectivity index (χ1n) is 11.2. The summed E-state index contributed by atoms with van der Waals surface area (Å²) >= 11 is 0. The number of benzene rings is 1. The Hall–Kier alpha value is -3.75. The fourth-order valence-corrected chi connectivity index (χ4v) is 4.66. The number of fused-ring (bicyclic) bond motifs is 3. The highest BCUT2D eigenvalue weighted by molar-refractivity contribution is 5.83. The molecule has 172 valence electrons. The van der Waals surface area contributed by atoms with Crippen LogP contribution in [-0.2, 0) is 4.79 Å². The number of ether oxygens (including phenoxy) is 1. The number of amides is 1. The van der Waals surface area contributed by atoms with Crippen LogP contribution in [-0.4, -0.2) is 58.3 Å². The molecule has 1 saturated heterocycles. The van der Waals surface area contributed by atoms with Crippen LogP contribution in [0.1, 0.15) is 25.2 Å². The summed E-state index contributed by atoms with van der Waals surface area (Å²) in [4.78, 5) is 30.8. The maximum atomic E-state index is 13.5. The summed E-state index contributed by atoms with van der Waals surface area (Å²) < 4.78 is 13.9. The molecule has 5 rings (SSSR count). The van der Waals surface area contributed by atoms with Crippen LogP contribution in [0, 0.1) is 6.92 Å². The van der Waals surface area contributed by atoms with Gasteiger partial charge in [-0.1, -0.05) is 13.0 Å². The molecule has 9 heteroatoms. The van der Waals surface area contributed by atoms with Gasteiger partial charge in [-0.25, -0.2) is 4.68 Å². The number of carbonyl (C=O) groups is 1. The van der Waals surface area contributed by atoms with Gasteiger partial charge in [-0.3, -0.25) is 14.0 Å². The van der Waals surface area contributed by atoms with E-state index in [1.165, 1.54) is 4.68 Å². The van der Waals surface area contributed by atoms with Gasteiger partial charge in [0.1, 0.15) is 23.1 Å². The second-order valence-electron chi connectivity index (χ2n) is 8.27. The van der Waals surface area contributed by atoms with E-state index >= 15 is 0 Å². The molecule has 9 nitrogen and oxygen atoms in total. The Labute approximate surface area is 190 Å². The van der Waals surface area contributed by atoms with E-state index in [0.29, 0.717) is 49.5 Å². The summed E-state index contributed by atoms with van der Waals surface area (Å²) in [6.45, 7) is 6.34. The lowest BCUT2D eigenvalue weighted by Gasteiger charge is -2.37. The topological polar surface area (TPSA) is 85.2 Å². The predicted molar refractivity (Wildman–Crippen MR) is 125 cm³/mol. The normalized spacial score (nSPS) is 15.4. The average Bonchev–Trinajstić information content (AvgIpc) is 3.44. The summed E-state index contributed by atoms with van der Waals surface area (Å²) in [5, 5.41) is 4.53. The van der Waals surface area contributed by atoms with Gasteiger partial charge < -0.3 is 19.0 Å². The van der Waals surface area contributed by atoms with Crippen LogP contribution < -0.4 is 15.2 Å². The van der Waals surface area contributed by atoms with Gasteiger partial charge in [0.15, 0.2) is 5.58 Å². The highest BCUT2D eigenvalue weighted by Gasteiger charge is 2.30. The molecule has 1 aliphatic heterocycles. The lowest BCUT2D eigenvalue weighted by Crippen LogP contribution is -2.51. The van der Waals surface area contributed by atoms with Crippen LogP contribution in [0.4, 0.5) is 5.69 Å². The zero-order valence-corrected chi connectivity index (χ0v) is 19.0. The third kappa shape index (κ3) is 3.53. The molecular weight excluding hydrogens is 422 g/mol. The largest absolute Gasteiger partial charge is 0.497 e. The fourth-order valence-electron chi connectivity index (χ4n) is 4.66. The second-order valence-corrected chi connectivity index (χ2v) is 8.27. The SMILES string of the molecule is CCC(C(=O)N1CCN(c2cccc(OC)c2)CC1)n1nc(C)n2c(cc3occc32)c1=O. The summed E-state index contributed by atoms with van der Waals surface area (Å²) in [5.74, 6) is 1.37. The first-order chi connectivity index (χ1) is 16.0. The average molecular weight is 450 g/mol. The predicted octanol–water partition coefficient (Wildman–Crippen LogP) is 2.86. The van der Waals surface area contributed by atoms with Crippen LogP contribution in [0.2, 0.25) is 0 Å². The number of hydrogen-bond acceptors (Lipinski definition) is 6. The summed E-state index contributed by atoms with van der Waals surface area (Å²) in [6.07, 6.45) is 2.07. The van der Waals surface area contributed by atoms with Crippen molar-refractivity contribution in [2.24, 2.45) is 0 Å². The van der Waals surface area contributed by atoms with Crippen molar-refractivity contribution in [3.05, 3.63) is 58.8 Å². The van der Waals surface area contributed by atoms with Gasteiger partial charge in [0.25, 0.3) is 5.56 Å². The molecular formula is C24H27N5O4. The Bertz CT molecular complexity index is 1380. The number of piperazine rings is 1. The molecule has 0 aliphatic carbocycles. The Morgan fingerprint density at radius 3 is 2.67 bits per heavy atom. The van der Waals surface area contributed by atoms with Crippen molar-refractivity contribution in [2.45, 2.75) is 26.3 Å². The molecule has 4 heterocycles. The Kier molecular flexibility index (Phi) is 5.32. The van der Waals surface area contributed by atoms with E-state index in [2.05, 4.69) is 10.00 Å². The minimum Gasteiger partial charge on any atom is -0.497 e. The lowest BCUT2D eigenvalue weighted by molar-refractivity contribution is -0.135. The monoisotopic (exact) mass is 449 g/mol. The van der Waals surface area contributed by atoms with Crippen molar-refractivity contribution in [2.75, 3.05) is 38.2 Å². The second kappa shape index (κ2) is 8.31. The Morgan fingerprint density at radius 2 is 1.94 bits per heavy atom. The molecule has 0 spiro atoms. The molecule has 0 bridgehead atoms. The third-order valence-corrected chi connectivity index (χ3v) is 6.40. The van der Waals surface area contributed by atoms with Gasteiger partial charge in [0.05, 0.1) is 18.9 Å². The molecule has 1 atom stereocenters. The number of methoxy groups -OCH3 is 1.